The Morgan fingerprint density at radius 1 is 1.24 bits per heavy atom. The summed E-state index contributed by atoms with van der Waals surface area (Å²) in [4.78, 5) is 14.2. The first-order valence-corrected chi connectivity index (χ1v) is 7.08. The van der Waals surface area contributed by atoms with Gasteiger partial charge in [-0.25, -0.2) is 8.78 Å². The number of benzene rings is 1. The van der Waals surface area contributed by atoms with Crippen molar-refractivity contribution in [3.8, 4) is 0 Å². The smallest absolute Gasteiger partial charge is 0.251 e. The minimum Gasteiger partial charge on any atom is -0.352 e. The molecule has 7 heteroatoms. The van der Waals surface area contributed by atoms with E-state index in [2.05, 4.69) is 10.2 Å². The molecule has 1 aliphatic rings. The van der Waals surface area contributed by atoms with Gasteiger partial charge in [0.05, 0.1) is 0 Å². The molecule has 0 saturated carbocycles. The molecule has 1 amide bonds. The highest BCUT2D eigenvalue weighted by Gasteiger charge is 2.15. The number of nitrogens with zero attached hydrogens (tertiary/aromatic N) is 1. The van der Waals surface area contributed by atoms with Crippen LogP contribution in [0.2, 0.25) is 0 Å². The summed E-state index contributed by atoms with van der Waals surface area (Å²) >= 11 is 0. The maximum Gasteiger partial charge on any atom is 0.251 e. The highest BCUT2D eigenvalue weighted by molar-refractivity contribution is 5.94. The average Bonchev–Trinajstić information content (AvgIpc) is 2.96. The Hall–Kier alpha value is -1.73. The van der Waals surface area contributed by atoms with Gasteiger partial charge < -0.3 is 15.6 Å². The fourth-order valence-electron chi connectivity index (χ4n) is 2.45. The predicted molar refractivity (Wildman–Crippen MR) is 76.8 cm³/mol. The standard InChI is InChI=1S/C14H20F2N4O/c15-11-8-10(9-12(16)13(11)19-17)14(21)18-4-3-7-20-5-1-2-6-20/h8-9,19H,1-7,17H2,(H,18,21). The van der Waals surface area contributed by atoms with Crippen LogP contribution in [0.15, 0.2) is 12.1 Å². The Morgan fingerprint density at radius 3 is 2.43 bits per heavy atom. The summed E-state index contributed by atoms with van der Waals surface area (Å²) in [5, 5.41) is 2.66. The zero-order valence-corrected chi connectivity index (χ0v) is 11.8. The summed E-state index contributed by atoms with van der Waals surface area (Å²) in [5.41, 5.74) is 1.43. The minimum absolute atomic E-state index is 0.0508. The van der Waals surface area contributed by atoms with Crippen LogP contribution in [0.4, 0.5) is 14.5 Å². The molecule has 116 valence electrons. The number of halogens is 2. The number of nitrogens with one attached hydrogen (secondary N) is 2. The maximum atomic E-state index is 13.5. The van der Waals surface area contributed by atoms with Crippen molar-refractivity contribution in [2.45, 2.75) is 19.3 Å². The number of amides is 1. The van der Waals surface area contributed by atoms with Gasteiger partial charge in [-0.15, -0.1) is 0 Å². The van der Waals surface area contributed by atoms with Crippen molar-refractivity contribution in [1.29, 1.82) is 0 Å². The number of hydrogen-bond acceptors (Lipinski definition) is 4. The zero-order valence-electron chi connectivity index (χ0n) is 11.8. The third-order valence-corrected chi connectivity index (χ3v) is 3.58. The zero-order chi connectivity index (χ0) is 15.2. The molecule has 1 aromatic rings. The van der Waals surface area contributed by atoms with E-state index in [0.29, 0.717) is 6.54 Å². The molecule has 1 fully saturated rings. The Bertz CT molecular complexity index is 481. The van der Waals surface area contributed by atoms with Crippen LogP contribution in [-0.2, 0) is 0 Å². The van der Waals surface area contributed by atoms with E-state index in [4.69, 9.17) is 5.84 Å². The van der Waals surface area contributed by atoms with Crippen LogP contribution in [0, 0.1) is 11.6 Å². The molecule has 21 heavy (non-hydrogen) atoms. The van der Waals surface area contributed by atoms with Crippen molar-refractivity contribution in [1.82, 2.24) is 10.2 Å². The van der Waals surface area contributed by atoms with Crippen LogP contribution in [0.5, 0.6) is 0 Å². The second-order valence-corrected chi connectivity index (χ2v) is 5.12. The lowest BCUT2D eigenvalue weighted by atomic mass is 10.1. The Labute approximate surface area is 122 Å². The van der Waals surface area contributed by atoms with E-state index in [-0.39, 0.29) is 5.56 Å². The number of anilines is 1. The first-order valence-electron chi connectivity index (χ1n) is 7.08. The number of nitrogen functional groups attached to an aromatic ring is 1. The van der Waals surface area contributed by atoms with Crippen molar-refractivity contribution >= 4 is 11.6 Å². The molecule has 2 rings (SSSR count). The van der Waals surface area contributed by atoms with Crippen LogP contribution >= 0.6 is 0 Å². The molecule has 1 aliphatic heterocycles. The second kappa shape index (κ2) is 7.33. The predicted octanol–water partition coefficient (Wildman–Crippen LogP) is 1.47. The lowest BCUT2D eigenvalue weighted by Gasteiger charge is -2.14. The Morgan fingerprint density at radius 2 is 1.86 bits per heavy atom. The highest BCUT2D eigenvalue weighted by atomic mass is 19.1. The third-order valence-electron chi connectivity index (χ3n) is 3.58. The van der Waals surface area contributed by atoms with Crippen LogP contribution < -0.4 is 16.6 Å². The van der Waals surface area contributed by atoms with Gasteiger partial charge in [-0.1, -0.05) is 0 Å². The number of nitrogens with two attached hydrogens (primary N) is 1. The van der Waals surface area contributed by atoms with Gasteiger partial charge in [-0.2, -0.15) is 0 Å². The molecule has 0 spiro atoms. The summed E-state index contributed by atoms with van der Waals surface area (Å²) in [7, 11) is 0. The fourth-order valence-corrected chi connectivity index (χ4v) is 2.45. The molecular weight excluding hydrogens is 278 g/mol. The molecule has 4 N–H and O–H groups in total. The van der Waals surface area contributed by atoms with Gasteiger partial charge in [0.2, 0.25) is 0 Å². The van der Waals surface area contributed by atoms with Crippen molar-refractivity contribution in [2.75, 3.05) is 31.6 Å². The van der Waals surface area contributed by atoms with Crippen molar-refractivity contribution in [3.63, 3.8) is 0 Å². The van der Waals surface area contributed by atoms with E-state index in [1.165, 1.54) is 12.8 Å². The van der Waals surface area contributed by atoms with E-state index in [0.717, 1.165) is 38.2 Å². The van der Waals surface area contributed by atoms with Gasteiger partial charge in [-0.05, 0) is 51.0 Å². The Kier molecular flexibility index (Phi) is 5.46. The van der Waals surface area contributed by atoms with Crippen LogP contribution in [0.1, 0.15) is 29.6 Å². The van der Waals surface area contributed by atoms with Crippen molar-refractivity contribution < 1.29 is 13.6 Å². The Balaban J connectivity index is 1.82. The van der Waals surface area contributed by atoms with E-state index >= 15 is 0 Å². The molecule has 0 aliphatic carbocycles. The molecular formula is C14H20F2N4O. The molecule has 0 atom stereocenters. The number of carbonyl (C=O) groups is 1. The number of likely N-dealkylation sites (tertiary alicyclic amines) is 1. The van der Waals surface area contributed by atoms with Crippen molar-refractivity contribution in [3.05, 3.63) is 29.3 Å². The van der Waals surface area contributed by atoms with Gasteiger partial charge in [-0.3, -0.25) is 10.6 Å². The minimum atomic E-state index is -0.889. The maximum absolute atomic E-state index is 13.5. The molecule has 1 aromatic carbocycles. The van der Waals surface area contributed by atoms with E-state index in [1.807, 2.05) is 5.43 Å². The summed E-state index contributed by atoms with van der Waals surface area (Å²) in [6, 6.07) is 1.93. The topological polar surface area (TPSA) is 70.4 Å². The number of rotatable bonds is 6. The normalized spacial score (nSPS) is 15.2. The average molecular weight is 298 g/mol. The van der Waals surface area contributed by atoms with Gasteiger partial charge in [0.25, 0.3) is 5.91 Å². The fraction of sp³-hybridized carbons (Fsp3) is 0.500. The largest absolute Gasteiger partial charge is 0.352 e. The lowest BCUT2D eigenvalue weighted by Crippen LogP contribution is -2.29. The first-order chi connectivity index (χ1) is 10.1. The molecule has 0 unspecified atom stereocenters. The lowest BCUT2D eigenvalue weighted by molar-refractivity contribution is 0.0951. The number of carbonyl (C=O) groups excluding carboxylic acids is 1. The monoisotopic (exact) mass is 298 g/mol. The molecule has 5 nitrogen and oxygen atoms in total. The molecule has 0 radical (unpaired) electrons. The van der Waals surface area contributed by atoms with Crippen LogP contribution in [0.3, 0.4) is 0 Å². The van der Waals surface area contributed by atoms with E-state index in [9.17, 15) is 13.6 Å². The molecule has 1 heterocycles. The molecule has 1 saturated heterocycles. The second-order valence-electron chi connectivity index (χ2n) is 5.12. The summed E-state index contributed by atoms with van der Waals surface area (Å²) in [5.74, 6) is 2.73. The van der Waals surface area contributed by atoms with E-state index < -0.39 is 23.2 Å². The summed E-state index contributed by atoms with van der Waals surface area (Å²) in [6.07, 6.45) is 3.28. The number of hydrogen-bond donors (Lipinski definition) is 3. The van der Waals surface area contributed by atoms with Gasteiger partial charge in [0, 0.05) is 12.1 Å². The van der Waals surface area contributed by atoms with Crippen LogP contribution in [-0.4, -0.2) is 37.0 Å². The van der Waals surface area contributed by atoms with Crippen LogP contribution in [0.25, 0.3) is 0 Å². The molecule has 0 aromatic heterocycles. The number of hydrazine groups is 1. The highest BCUT2D eigenvalue weighted by Crippen LogP contribution is 2.19. The van der Waals surface area contributed by atoms with Crippen molar-refractivity contribution in [2.24, 2.45) is 5.84 Å². The molecule has 0 bridgehead atoms. The van der Waals surface area contributed by atoms with Gasteiger partial charge in [0.15, 0.2) is 11.6 Å². The first kappa shape index (κ1) is 15.7. The third kappa shape index (κ3) is 4.12. The van der Waals surface area contributed by atoms with Gasteiger partial charge >= 0.3 is 0 Å². The van der Waals surface area contributed by atoms with E-state index in [1.54, 1.807) is 0 Å². The quantitative estimate of drug-likeness (QED) is 0.422. The SMILES string of the molecule is NNc1c(F)cc(C(=O)NCCCN2CCCC2)cc1F. The summed E-state index contributed by atoms with van der Waals surface area (Å²) in [6.45, 7) is 3.63. The summed E-state index contributed by atoms with van der Waals surface area (Å²) < 4.78 is 27.0. The van der Waals surface area contributed by atoms with Gasteiger partial charge in [0.1, 0.15) is 5.69 Å².